The fourth-order valence-corrected chi connectivity index (χ4v) is 3.07. The van der Waals surface area contributed by atoms with Crippen LogP contribution in [0.4, 0.5) is 0 Å². The molecule has 1 fully saturated rings. The van der Waals surface area contributed by atoms with Gasteiger partial charge in [-0.15, -0.1) is 11.8 Å². The first-order valence-corrected chi connectivity index (χ1v) is 7.80. The van der Waals surface area contributed by atoms with E-state index in [1.54, 1.807) is 11.8 Å². The Hall–Kier alpha value is -1.36. The molecule has 1 aliphatic carbocycles. The molecule has 104 valence electrons. The Balaban J connectivity index is 2.27. The van der Waals surface area contributed by atoms with Crippen LogP contribution < -0.4 is 10.5 Å². The molecule has 2 rings (SSSR count). The lowest BCUT2D eigenvalue weighted by molar-refractivity contribution is 0.154. The smallest absolute Gasteiger partial charge is 0.174 e. The highest BCUT2D eigenvalue weighted by atomic mass is 32.2. The van der Waals surface area contributed by atoms with Gasteiger partial charge < -0.3 is 15.7 Å². The highest BCUT2D eigenvalue weighted by Gasteiger charge is 2.19. The third-order valence-electron chi connectivity index (χ3n) is 3.42. The van der Waals surface area contributed by atoms with E-state index < -0.39 is 0 Å². The van der Waals surface area contributed by atoms with Crippen LogP contribution in [0.3, 0.4) is 0 Å². The number of ether oxygens (including phenoxy) is 1. The van der Waals surface area contributed by atoms with Crippen molar-refractivity contribution >= 4 is 17.6 Å². The number of oxime groups is 1. The van der Waals surface area contributed by atoms with Crippen LogP contribution in [0, 0.1) is 0 Å². The van der Waals surface area contributed by atoms with E-state index >= 15 is 0 Å². The molecule has 0 unspecified atom stereocenters. The number of hydrogen-bond acceptors (Lipinski definition) is 4. The van der Waals surface area contributed by atoms with Crippen LogP contribution in [0.1, 0.15) is 37.7 Å². The van der Waals surface area contributed by atoms with Crippen LogP contribution in [0.2, 0.25) is 0 Å². The molecule has 1 aliphatic rings. The van der Waals surface area contributed by atoms with Crippen molar-refractivity contribution in [2.75, 3.05) is 6.26 Å². The van der Waals surface area contributed by atoms with Gasteiger partial charge in [0.2, 0.25) is 0 Å². The lowest BCUT2D eigenvalue weighted by atomic mass is 9.97. The zero-order chi connectivity index (χ0) is 13.7. The van der Waals surface area contributed by atoms with Gasteiger partial charge in [-0.05, 0) is 44.1 Å². The molecule has 0 atom stereocenters. The summed E-state index contributed by atoms with van der Waals surface area (Å²) < 4.78 is 6.07. The van der Waals surface area contributed by atoms with Gasteiger partial charge in [0.25, 0.3) is 0 Å². The lowest BCUT2D eigenvalue weighted by Crippen LogP contribution is -2.23. The van der Waals surface area contributed by atoms with Crippen molar-refractivity contribution in [3.63, 3.8) is 0 Å². The van der Waals surface area contributed by atoms with Crippen LogP contribution in [-0.2, 0) is 0 Å². The van der Waals surface area contributed by atoms with Gasteiger partial charge in [0, 0.05) is 4.90 Å². The average molecular weight is 280 g/mol. The summed E-state index contributed by atoms with van der Waals surface area (Å²) in [5.41, 5.74) is 6.48. The van der Waals surface area contributed by atoms with Crippen LogP contribution in [0.5, 0.6) is 5.75 Å². The van der Waals surface area contributed by atoms with E-state index in [4.69, 9.17) is 15.7 Å². The summed E-state index contributed by atoms with van der Waals surface area (Å²) in [7, 11) is 0. The maximum absolute atomic E-state index is 8.94. The van der Waals surface area contributed by atoms with Gasteiger partial charge in [0.15, 0.2) is 5.84 Å². The SMILES string of the molecule is CSc1cccc(OC2CCCCC2)c1/C(N)=N/O. The zero-order valence-electron chi connectivity index (χ0n) is 11.1. The molecular weight excluding hydrogens is 260 g/mol. The molecule has 3 N–H and O–H groups in total. The number of thioether (sulfide) groups is 1. The molecular formula is C14H20N2O2S. The summed E-state index contributed by atoms with van der Waals surface area (Å²) in [5, 5.41) is 12.1. The van der Waals surface area contributed by atoms with E-state index in [9.17, 15) is 0 Å². The second kappa shape index (κ2) is 6.70. The number of rotatable bonds is 4. The van der Waals surface area contributed by atoms with Gasteiger partial charge in [-0.25, -0.2) is 0 Å². The van der Waals surface area contributed by atoms with E-state index in [1.807, 2.05) is 24.5 Å². The van der Waals surface area contributed by atoms with Crippen molar-refractivity contribution in [2.45, 2.75) is 43.1 Å². The van der Waals surface area contributed by atoms with E-state index in [1.165, 1.54) is 19.3 Å². The van der Waals surface area contributed by atoms with Gasteiger partial charge in [-0.1, -0.05) is 17.6 Å². The van der Waals surface area contributed by atoms with Gasteiger partial charge in [-0.3, -0.25) is 0 Å². The maximum Gasteiger partial charge on any atom is 0.174 e. The highest BCUT2D eigenvalue weighted by Crippen LogP contribution is 2.31. The molecule has 0 aliphatic heterocycles. The van der Waals surface area contributed by atoms with Crippen LogP contribution in [-0.4, -0.2) is 23.4 Å². The van der Waals surface area contributed by atoms with Crippen molar-refractivity contribution in [3.8, 4) is 5.75 Å². The molecule has 4 nitrogen and oxygen atoms in total. The molecule has 0 bridgehead atoms. The minimum absolute atomic E-state index is 0.107. The van der Waals surface area contributed by atoms with Crippen molar-refractivity contribution in [2.24, 2.45) is 10.9 Å². The van der Waals surface area contributed by atoms with Gasteiger partial charge in [0.05, 0.1) is 11.7 Å². The quantitative estimate of drug-likeness (QED) is 0.292. The Morgan fingerprint density at radius 2 is 2.11 bits per heavy atom. The summed E-state index contributed by atoms with van der Waals surface area (Å²) in [6.07, 6.45) is 8.10. The molecule has 0 saturated heterocycles. The Bertz CT molecular complexity index is 457. The molecule has 19 heavy (non-hydrogen) atoms. The molecule has 0 amide bonds. The van der Waals surface area contributed by atoms with Crippen molar-refractivity contribution in [1.29, 1.82) is 0 Å². The first kappa shape index (κ1) is 14.1. The number of nitrogens with zero attached hydrogens (tertiary/aromatic N) is 1. The fourth-order valence-electron chi connectivity index (χ4n) is 2.44. The molecule has 1 aromatic rings. The standard InChI is InChI=1S/C14H20N2O2S/c1-19-12-9-5-8-11(13(12)14(15)16-17)18-10-6-3-2-4-7-10/h5,8-10,17H,2-4,6-7H2,1H3,(H2,15,16). The first-order chi connectivity index (χ1) is 9.26. The minimum atomic E-state index is 0.107. The monoisotopic (exact) mass is 280 g/mol. The number of hydrogen-bond donors (Lipinski definition) is 2. The van der Waals surface area contributed by atoms with E-state index in [0.29, 0.717) is 11.3 Å². The highest BCUT2D eigenvalue weighted by molar-refractivity contribution is 7.98. The summed E-state index contributed by atoms with van der Waals surface area (Å²) >= 11 is 1.56. The van der Waals surface area contributed by atoms with Gasteiger partial charge >= 0.3 is 0 Å². The largest absolute Gasteiger partial charge is 0.490 e. The van der Waals surface area contributed by atoms with Crippen LogP contribution >= 0.6 is 11.8 Å². The number of amidine groups is 1. The predicted molar refractivity (Wildman–Crippen MR) is 78.2 cm³/mol. The molecule has 5 heteroatoms. The summed E-state index contributed by atoms with van der Waals surface area (Å²) in [4.78, 5) is 0.962. The molecule has 0 aromatic heterocycles. The average Bonchev–Trinajstić information content (AvgIpc) is 2.47. The molecule has 1 aromatic carbocycles. The minimum Gasteiger partial charge on any atom is -0.490 e. The third kappa shape index (κ3) is 3.35. The second-order valence-corrected chi connectivity index (χ2v) is 5.54. The van der Waals surface area contributed by atoms with Gasteiger partial charge in [0.1, 0.15) is 5.75 Å². The third-order valence-corrected chi connectivity index (χ3v) is 4.20. The normalized spacial score (nSPS) is 17.4. The van der Waals surface area contributed by atoms with Crippen molar-refractivity contribution < 1.29 is 9.94 Å². The Kier molecular flexibility index (Phi) is 4.96. The number of nitrogens with two attached hydrogens (primary N) is 1. The topological polar surface area (TPSA) is 67.8 Å². The molecule has 0 spiro atoms. The summed E-state index contributed by atoms with van der Waals surface area (Å²) in [6.45, 7) is 0. The number of benzene rings is 1. The zero-order valence-corrected chi connectivity index (χ0v) is 11.9. The van der Waals surface area contributed by atoms with E-state index in [2.05, 4.69) is 5.16 Å². The van der Waals surface area contributed by atoms with Crippen LogP contribution in [0.25, 0.3) is 0 Å². The van der Waals surface area contributed by atoms with E-state index in [0.717, 1.165) is 17.7 Å². The van der Waals surface area contributed by atoms with Crippen LogP contribution in [0.15, 0.2) is 28.3 Å². The van der Waals surface area contributed by atoms with Crippen molar-refractivity contribution in [3.05, 3.63) is 23.8 Å². The lowest BCUT2D eigenvalue weighted by Gasteiger charge is -2.24. The Morgan fingerprint density at radius 1 is 1.37 bits per heavy atom. The van der Waals surface area contributed by atoms with Crippen molar-refractivity contribution in [1.82, 2.24) is 0 Å². The fraction of sp³-hybridized carbons (Fsp3) is 0.500. The maximum atomic E-state index is 8.94. The predicted octanol–water partition coefficient (Wildman–Crippen LogP) is 3.21. The molecule has 0 radical (unpaired) electrons. The summed E-state index contributed by atoms with van der Waals surface area (Å²) in [6, 6.07) is 5.78. The molecule has 1 saturated carbocycles. The second-order valence-electron chi connectivity index (χ2n) is 4.70. The van der Waals surface area contributed by atoms with E-state index in [-0.39, 0.29) is 11.9 Å². The van der Waals surface area contributed by atoms with Gasteiger partial charge in [-0.2, -0.15) is 0 Å². The molecule has 0 heterocycles. The Morgan fingerprint density at radius 3 is 2.74 bits per heavy atom. The Labute approximate surface area is 118 Å². The first-order valence-electron chi connectivity index (χ1n) is 6.57. The summed E-state index contributed by atoms with van der Waals surface area (Å²) in [5.74, 6) is 0.824.